The van der Waals surface area contributed by atoms with Gasteiger partial charge < -0.3 is 15.0 Å². The van der Waals surface area contributed by atoms with Gasteiger partial charge in [-0.05, 0) is 35.4 Å². The molecule has 0 unspecified atom stereocenters. The fourth-order valence-corrected chi connectivity index (χ4v) is 2.97. The van der Waals surface area contributed by atoms with Crippen LogP contribution >= 0.6 is 23.2 Å². The van der Waals surface area contributed by atoms with Gasteiger partial charge in [0, 0.05) is 31.9 Å². The van der Waals surface area contributed by atoms with Crippen LogP contribution < -0.4 is 10.2 Å². The molecule has 0 aliphatic carbocycles. The van der Waals surface area contributed by atoms with Crippen molar-refractivity contribution >= 4 is 41.0 Å². The monoisotopic (exact) mass is 391 g/mol. The summed E-state index contributed by atoms with van der Waals surface area (Å²) in [5.41, 5.74) is 1.69. The van der Waals surface area contributed by atoms with Crippen LogP contribution in [0.15, 0.2) is 42.6 Å². The Labute approximate surface area is 162 Å². The predicted molar refractivity (Wildman–Crippen MR) is 105 cm³/mol. The van der Waals surface area contributed by atoms with Crippen LogP contribution in [0.1, 0.15) is 11.1 Å². The third kappa shape index (κ3) is 4.97. The van der Waals surface area contributed by atoms with Crippen molar-refractivity contribution < 1.29 is 9.53 Å². The number of hydrogen-bond donors (Lipinski definition) is 1. The number of benzene rings is 1. The summed E-state index contributed by atoms with van der Waals surface area (Å²) in [6.07, 6.45) is 4.85. The zero-order chi connectivity index (χ0) is 18.4. The van der Waals surface area contributed by atoms with Crippen molar-refractivity contribution in [2.45, 2.75) is 6.54 Å². The Kier molecular flexibility index (Phi) is 6.50. The number of hydrogen-bond acceptors (Lipinski definition) is 4. The molecule has 7 heteroatoms. The molecular formula is C19H19Cl2N3O2. The van der Waals surface area contributed by atoms with E-state index in [0.29, 0.717) is 35.4 Å². The van der Waals surface area contributed by atoms with E-state index in [-0.39, 0.29) is 5.91 Å². The second kappa shape index (κ2) is 9.03. The lowest BCUT2D eigenvalue weighted by Gasteiger charge is -2.28. The Morgan fingerprint density at radius 2 is 2.08 bits per heavy atom. The lowest BCUT2D eigenvalue weighted by molar-refractivity contribution is -0.116. The van der Waals surface area contributed by atoms with Gasteiger partial charge in [-0.2, -0.15) is 0 Å². The molecule has 1 amide bonds. The number of carbonyl (C=O) groups is 1. The van der Waals surface area contributed by atoms with Crippen LogP contribution in [-0.2, 0) is 16.1 Å². The first-order valence-corrected chi connectivity index (χ1v) is 9.06. The second-order valence-electron chi connectivity index (χ2n) is 5.82. The van der Waals surface area contributed by atoms with Crippen molar-refractivity contribution in [3.8, 4) is 0 Å². The van der Waals surface area contributed by atoms with E-state index in [2.05, 4.69) is 15.2 Å². The summed E-state index contributed by atoms with van der Waals surface area (Å²) in [6, 6.07) is 9.17. The Bertz CT molecular complexity index is 805. The molecule has 1 N–H and O–H groups in total. The summed E-state index contributed by atoms with van der Waals surface area (Å²) in [5, 5.41) is 3.75. The molecule has 1 aliphatic heterocycles. The summed E-state index contributed by atoms with van der Waals surface area (Å²) >= 11 is 12.1. The van der Waals surface area contributed by atoms with Gasteiger partial charge in [-0.25, -0.2) is 4.98 Å². The van der Waals surface area contributed by atoms with Crippen LogP contribution in [0.3, 0.4) is 0 Å². The van der Waals surface area contributed by atoms with Gasteiger partial charge in [0.15, 0.2) is 0 Å². The number of carbonyl (C=O) groups excluding carboxylic acids is 1. The van der Waals surface area contributed by atoms with Gasteiger partial charge in [-0.1, -0.05) is 35.3 Å². The summed E-state index contributed by atoms with van der Waals surface area (Å²) in [5.74, 6) is 0.701. The zero-order valence-corrected chi connectivity index (χ0v) is 15.6. The number of rotatable bonds is 5. The van der Waals surface area contributed by atoms with Crippen molar-refractivity contribution in [2.24, 2.45) is 0 Å². The summed E-state index contributed by atoms with van der Waals surface area (Å²) in [7, 11) is 0. The minimum Gasteiger partial charge on any atom is -0.378 e. The summed E-state index contributed by atoms with van der Waals surface area (Å²) in [4.78, 5) is 18.6. The quantitative estimate of drug-likeness (QED) is 0.791. The van der Waals surface area contributed by atoms with Gasteiger partial charge >= 0.3 is 0 Å². The number of nitrogens with zero attached hydrogens (tertiary/aromatic N) is 2. The third-order valence-electron chi connectivity index (χ3n) is 4.01. The number of nitrogens with one attached hydrogen (secondary N) is 1. The van der Waals surface area contributed by atoms with E-state index in [4.69, 9.17) is 27.9 Å². The van der Waals surface area contributed by atoms with E-state index >= 15 is 0 Å². The third-order valence-corrected chi connectivity index (χ3v) is 4.84. The molecule has 0 atom stereocenters. The molecule has 26 heavy (non-hydrogen) atoms. The molecule has 1 aromatic carbocycles. The molecule has 0 saturated carbocycles. The molecule has 1 aliphatic rings. The molecule has 5 nitrogen and oxygen atoms in total. The maximum Gasteiger partial charge on any atom is 0.244 e. The van der Waals surface area contributed by atoms with E-state index in [0.717, 1.165) is 24.5 Å². The Hall–Kier alpha value is -2.08. The number of halogens is 2. The molecule has 2 aromatic rings. The maximum absolute atomic E-state index is 12.1. The van der Waals surface area contributed by atoms with Crippen LogP contribution in [0.25, 0.3) is 6.08 Å². The van der Waals surface area contributed by atoms with Gasteiger partial charge in [0.2, 0.25) is 5.91 Å². The van der Waals surface area contributed by atoms with Crippen molar-refractivity contribution in [3.63, 3.8) is 0 Å². The topological polar surface area (TPSA) is 54.5 Å². The molecule has 0 bridgehead atoms. The SMILES string of the molecule is O=C(/C=C/c1cccc(Cl)c1Cl)NCc1ccnc(N2CCOCC2)c1. The second-order valence-corrected chi connectivity index (χ2v) is 6.60. The minimum atomic E-state index is -0.203. The molecule has 136 valence electrons. The van der Waals surface area contributed by atoms with Crippen LogP contribution in [0.5, 0.6) is 0 Å². The summed E-state index contributed by atoms with van der Waals surface area (Å²) in [6.45, 7) is 3.49. The Balaban J connectivity index is 1.57. The lowest BCUT2D eigenvalue weighted by Crippen LogP contribution is -2.36. The number of aromatic nitrogens is 1. The molecule has 0 radical (unpaired) electrons. The fourth-order valence-electron chi connectivity index (χ4n) is 2.60. The van der Waals surface area contributed by atoms with Crippen molar-refractivity contribution in [3.05, 3.63) is 63.8 Å². The lowest BCUT2D eigenvalue weighted by atomic mass is 10.2. The molecule has 1 fully saturated rings. The summed E-state index contributed by atoms with van der Waals surface area (Å²) < 4.78 is 5.36. The van der Waals surface area contributed by atoms with Crippen LogP contribution in [0, 0.1) is 0 Å². The highest BCUT2D eigenvalue weighted by Gasteiger charge is 2.12. The van der Waals surface area contributed by atoms with Gasteiger partial charge in [0.25, 0.3) is 0 Å². The van der Waals surface area contributed by atoms with Gasteiger partial charge in [-0.3, -0.25) is 4.79 Å². The Morgan fingerprint density at radius 3 is 2.88 bits per heavy atom. The largest absolute Gasteiger partial charge is 0.378 e. The van der Waals surface area contributed by atoms with E-state index in [1.807, 2.05) is 12.1 Å². The van der Waals surface area contributed by atoms with Gasteiger partial charge in [0.1, 0.15) is 5.82 Å². The number of pyridine rings is 1. The van der Waals surface area contributed by atoms with Crippen molar-refractivity contribution in [2.75, 3.05) is 31.2 Å². The number of morpholine rings is 1. The van der Waals surface area contributed by atoms with E-state index in [1.54, 1.807) is 30.5 Å². The van der Waals surface area contributed by atoms with Crippen LogP contribution in [0.2, 0.25) is 10.0 Å². The van der Waals surface area contributed by atoms with E-state index < -0.39 is 0 Å². The number of ether oxygens (including phenoxy) is 1. The zero-order valence-electron chi connectivity index (χ0n) is 14.1. The highest BCUT2D eigenvalue weighted by molar-refractivity contribution is 6.42. The smallest absolute Gasteiger partial charge is 0.244 e. The molecule has 0 spiro atoms. The average Bonchev–Trinajstić information content (AvgIpc) is 2.68. The van der Waals surface area contributed by atoms with Gasteiger partial charge in [0.05, 0.1) is 23.3 Å². The standard InChI is InChI=1S/C19H19Cl2N3O2/c20-16-3-1-2-15(19(16)21)4-5-18(25)23-13-14-6-7-22-17(12-14)24-8-10-26-11-9-24/h1-7,12H,8-11,13H2,(H,23,25)/b5-4+. The Morgan fingerprint density at radius 1 is 1.27 bits per heavy atom. The molecule has 1 aromatic heterocycles. The predicted octanol–water partition coefficient (Wildman–Crippen LogP) is 3.55. The first kappa shape index (κ1) is 18.7. The fraction of sp³-hybridized carbons (Fsp3) is 0.263. The molecular weight excluding hydrogens is 373 g/mol. The first-order valence-electron chi connectivity index (χ1n) is 8.31. The minimum absolute atomic E-state index is 0.203. The van der Waals surface area contributed by atoms with Crippen molar-refractivity contribution in [1.82, 2.24) is 10.3 Å². The van der Waals surface area contributed by atoms with Gasteiger partial charge in [-0.15, -0.1) is 0 Å². The maximum atomic E-state index is 12.1. The normalized spacial score (nSPS) is 14.6. The number of amides is 1. The van der Waals surface area contributed by atoms with E-state index in [1.165, 1.54) is 6.08 Å². The van der Waals surface area contributed by atoms with Crippen LogP contribution in [-0.4, -0.2) is 37.2 Å². The first-order chi connectivity index (χ1) is 12.6. The highest BCUT2D eigenvalue weighted by Crippen LogP contribution is 2.26. The van der Waals surface area contributed by atoms with E-state index in [9.17, 15) is 4.79 Å². The number of anilines is 1. The molecule has 1 saturated heterocycles. The molecule has 2 heterocycles. The highest BCUT2D eigenvalue weighted by atomic mass is 35.5. The van der Waals surface area contributed by atoms with Crippen molar-refractivity contribution in [1.29, 1.82) is 0 Å². The average molecular weight is 392 g/mol. The van der Waals surface area contributed by atoms with Crippen LogP contribution in [0.4, 0.5) is 5.82 Å². The molecule has 3 rings (SSSR count).